The monoisotopic (exact) mass is 166 g/mol. The third-order valence-electron chi connectivity index (χ3n) is 2.84. The summed E-state index contributed by atoms with van der Waals surface area (Å²) in [7, 11) is 0. The molecule has 0 bridgehead atoms. The van der Waals surface area contributed by atoms with Gasteiger partial charge in [0.2, 0.25) is 0 Å². The topological polar surface area (TPSA) is 17.1 Å². The molecular weight excluding hydrogens is 148 g/mol. The Balaban J connectivity index is 2.60. The number of allylic oxidation sites excluding steroid dienone is 1. The van der Waals surface area contributed by atoms with Crippen molar-refractivity contribution in [3.05, 3.63) is 12.7 Å². The molecule has 0 saturated heterocycles. The molecule has 0 aromatic rings. The van der Waals surface area contributed by atoms with Gasteiger partial charge < -0.3 is 0 Å². The number of rotatable bonds is 2. The molecule has 1 rings (SSSR count). The van der Waals surface area contributed by atoms with Gasteiger partial charge in [-0.2, -0.15) is 0 Å². The van der Waals surface area contributed by atoms with Crippen LogP contribution >= 0.6 is 0 Å². The number of carbonyl (C=O) groups is 1. The van der Waals surface area contributed by atoms with Crippen LogP contribution in [-0.2, 0) is 4.79 Å². The van der Waals surface area contributed by atoms with Gasteiger partial charge in [-0.15, -0.1) is 6.58 Å². The molecule has 0 aromatic carbocycles. The lowest BCUT2D eigenvalue weighted by atomic mass is 9.73. The highest BCUT2D eigenvalue weighted by molar-refractivity contribution is 5.82. The van der Waals surface area contributed by atoms with Crippen LogP contribution in [-0.4, -0.2) is 5.78 Å². The van der Waals surface area contributed by atoms with Gasteiger partial charge >= 0.3 is 0 Å². The highest BCUT2D eigenvalue weighted by Crippen LogP contribution is 2.32. The van der Waals surface area contributed by atoms with Crippen LogP contribution in [0.25, 0.3) is 0 Å². The second-order valence-corrected chi connectivity index (χ2v) is 4.12. The van der Waals surface area contributed by atoms with Crippen molar-refractivity contribution in [2.24, 2.45) is 17.8 Å². The quantitative estimate of drug-likeness (QED) is 0.576. The van der Waals surface area contributed by atoms with Gasteiger partial charge in [0, 0.05) is 12.3 Å². The Bertz CT molecular complexity index is 183. The minimum Gasteiger partial charge on any atom is -0.299 e. The first-order chi connectivity index (χ1) is 5.65. The molecule has 1 aliphatic carbocycles. The second-order valence-electron chi connectivity index (χ2n) is 4.12. The summed E-state index contributed by atoms with van der Waals surface area (Å²) < 4.78 is 0. The van der Waals surface area contributed by atoms with Crippen LogP contribution in [0.15, 0.2) is 12.7 Å². The van der Waals surface area contributed by atoms with Crippen LogP contribution in [0.2, 0.25) is 0 Å². The molecule has 1 nitrogen and oxygen atoms in total. The maximum atomic E-state index is 11.6. The van der Waals surface area contributed by atoms with E-state index >= 15 is 0 Å². The number of Topliss-reactive ketones (excluding diaryl/α,β-unsaturated/α-hetero) is 1. The van der Waals surface area contributed by atoms with E-state index in [0.717, 1.165) is 12.8 Å². The van der Waals surface area contributed by atoms with Crippen molar-refractivity contribution in [2.75, 3.05) is 0 Å². The summed E-state index contributed by atoms with van der Waals surface area (Å²) in [6.07, 6.45) is 4.72. The van der Waals surface area contributed by atoms with Crippen LogP contribution in [0.4, 0.5) is 0 Å². The molecule has 0 N–H and O–H groups in total. The summed E-state index contributed by atoms with van der Waals surface area (Å²) in [6, 6.07) is 0. The van der Waals surface area contributed by atoms with Crippen molar-refractivity contribution < 1.29 is 4.79 Å². The lowest BCUT2D eigenvalue weighted by molar-refractivity contribution is -0.127. The van der Waals surface area contributed by atoms with Gasteiger partial charge in [0.15, 0.2) is 0 Å². The Kier molecular flexibility index (Phi) is 3.07. The predicted octanol–water partition coefficient (Wildman–Crippen LogP) is 2.81. The predicted molar refractivity (Wildman–Crippen MR) is 50.9 cm³/mol. The molecule has 3 atom stereocenters. The fraction of sp³-hybridized carbons (Fsp3) is 0.727. The summed E-state index contributed by atoms with van der Waals surface area (Å²) in [5.41, 5.74) is 0. The van der Waals surface area contributed by atoms with Crippen molar-refractivity contribution in [1.82, 2.24) is 0 Å². The number of ketones is 1. The van der Waals surface area contributed by atoms with E-state index in [1.807, 2.05) is 6.08 Å². The largest absolute Gasteiger partial charge is 0.299 e. The smallest absolute Gasteiger partial charge is 0.136 e. The Morgan fingerprint density at radius 2 is 2.25 bits per heavy atom. The van der Waals surface area contributed by atoms with Gasteiger partial charge in [-0.1, -0.05) is 19.9 Å². The third-order valence-corrected chi connectivity index (χ3v) is 2.84. The van der Waals surface area contributed by atoms with Crippen molar-refractivity contribution in [1.29, 1.82) is 0 Å². The van der Waals surface area contributed by atoms with Crippen molar-refractivity contribution in [3.63, 3.8) is 0 Å². The van der Waals surface area contributed by atoms with E-state index in [-0.39, 0.29) is 5.92 Å². The molecule has 12 heavy (non-hydrogen) atoms. The van der Waals surface area contributed by atoms with Crippen molar-refractivity contribution in [2.45, 2.75) is 33.1 Å². The minimum atomic E-state index is 0.263. The Hall–Kier alpha value is -0.590. The van der Waals surface area contributed by atoms with E-state index < -0.39 is 0 Å². The van der Waals surface area contributed by atoms with E-state index in [0.29, 0.717) is 17.6 Å². The minimum absolute atomic E-state index is 0.263. The van der Waals surface area contributed by atoms with Gasteiger partial charge in [0.25, 0.3) is 0 Å². The van der Waals surface area contributed by atoms with E-state index in [2.05, 4.69) is 20.4 Å². The van der Waals surface area contributed by atoms with Crippen molar-refractivity contribution >= 4 is 5.78 Å². The van der Waals surface area contributed by atoms with Crippen LogP contribution in [0.5, 0.6) is 0 Å². The lowest BCUT2D eigenvalue weighted by Gasteiger charge is -2.30. The summed E-state index contributed by atoms with van der Waals surface area (Å²) >= 11 is 0. The first kappa shape index (κ1) is 9.50. The number of hydrogen-bond donors (Lipinski definition) is 0. The van der Waals surface area contributed by atoms with E-state index in [9.17, 15) is 4.79 Å². The zero-order valence-electron chi connectivity index (χ0n) is 8.05. The Labute approximate surface area is 74.9 Å². The average Bonchev–Trinajstić information content (AvgIpc) is 1.96. The SMILES string of the molecule is C=CCC1C(=O)CC(C)CC1C. The summed E-state index contributed by atoms with van der Waals surface area (Å²) in [6.45, 7) is 8.04. The van der Waals surface area contributed by atoms with Gasteiger partial charge in [0.1, 0.15) is 5.78 Å². The summed E-state index contributed by atoms with van der Waals surface area (Å²) in [4.78, 5) is 11.6. The van der Waals surface area contributed by atoms with Crippen LogP contribution < -0.4 is 0 Å². The van der Waals surface area contributed by atoms with Gasteiger partial charge in [0.05, 0.1) is 0 Å². The fourth-order valence-electron chi connectivity index (χ4n) is 2.24. The molecule has 0 radical (unpaired) electrons. The molecule has 0 aromatic heterocycles. The van der Waals surface area contributed by atoms with Gasteiger partial charge in [-0.25, -0.2) is 0 Å². The summed E-state index contributed by atoms with van der Waals surface area (Å²) in [5, 5.41) is 0. The average molecular weight is 166 g/mol. The molecule has 0 heterocycles. The Morgan fingerprint density at radius 3 is 2.75 bits per heavy atom. The standard InChI is InChI=1S/C11H18O/c1-4-5-10-9(3)6-8(2)7-11(10)12/h4,8-10H,1,5-7H2,2-3H3. The zero-order chi connectivity index (χ0) is 9.14. The highest BCUT2D eigenvalue weighted by atomic mass is 16.1. The Morgan fingerprint density at radius 1 is 1.58 bits per heavy atom. The molecule has 0 aliphatic heterocycles. The van der Waals surface area contributed by atoms with Gasteiger partial charge in [-0.05, 0) is 24.7 Å². The molecule has 0 amide bonds. The molecule has 0 spiro atoms. The van der Waals surface area contributed by atoms with Crippen molar-refractivity contribution in [3.8, 4) is 0 Å². The molecule has 1 saturated carbocycles. The number of hydrogen-bond acceptors (Lipinski definition) is 1. The number of carbonyl (C=O) groups excluding carboxylic acids is 1. The maximum Gasteiger partial charge on any atom is 0.136 e. The van der Waals surface area contributed by atoms with E-state index in [4.69, 9.17) is 0 Å². The lowest BCUT2D eigenvalue weighted by Crippen LogP contribution is -2.30. The van der Waals surface area contributed by atoms with Crippen LogP contribution in [0, 0.1) is 17.8 Å². The fourth-order valence-corrected chi connectivity index (χ4v) is 2.24. The maximum absolute atomic E-state index is 11.6. The van der Waals surface area contributed by atoms with Crippen LogP contribution in [0.1, 0.15) is 33.1 Å². The molecule has 1 fully saturated rings. The molecule has 3 unspecified atom stereocenters. The second kappa shape index (κ2) is 3.88. The first-order valence-corrected chi connectivity index (χ1v) is 4.78. The molecule has 1 aliphatic rings. The van der Waals surface area contributed by atoms with E-state index in [1.54, 1.807) is 0 Å². The third kappa shape index (κ3) is 1.96. The molecule has 1 heteroatoms. The molecular formula is C11H18O. The van der Waals surface area contributed by atoms with Crippen LogP contribution in [0.3, 0.4) is 0 Å². The van der Waals surface area contributed by atoms with E-state index in [1.165, 1.54) is 6.42 Å². The molecule has 68 valence electrons. The first-order valence-electron chi connectivity index (χ1n) is 4.78. The van der Waals surface area contributed by atoms with Gasteiger partial charge in [-0.3, -0.25) is 4.79 Å². The highest BCUT2D eigenvalue weighted by Gasteiger charge is 2.30. The normalized spacial score (nSPS) is 36.5. The summed E-state index contributed by atoms with van der Waals surface area (Å²) in [5.74, 6) is 1.85. The zero-order valence-corrected chi connectivity index (χ0v) is 8.05.